The molecule has 0 aliphatic carbocycles. The van der Waals surface area contributed by atoms with Crippen LogP contribution in [0.2, 0.25) is 0 Å². The zero-order valence-corrected chi connectivity index (χ0v) is 18.5. The Bertz CT molecular complexity index is 1260. The molecule has 2 N–H and O–H groups in total. The van der Waals surface area contributed by atoms with Gasteiger partial charge in [-0.25, -0.2) is 14.2 Å². The number of benzene rings is 3. The van der Waals surface area contributed by atoms with Gasteiger partial charge in [-0.05, 0) is 73.8 Å². The Morgan fingerprint density at radius 2 is 1.75 bits per heavy atom. The number of pyridine rings is 1. The van der Waals surface area contributed by atoms with E-state index in [1.807, 2.05) is 55.6 Å². The number of halogens is 1. The standard InChI is InChI=1S/C25H22FN3O2S/c1-3-31-24-15-23(16-7-9-17(26)10-8-16)29-22-12-11-19(14-21(22)24)28-25(30)27-18-5-4-6-20(13-18)32-2/h4-15H,3H2,1-2H3,(H2,27,28,30). The maximum absolute atomic E-state index is 13.3. The fourth-order valence-corrected chi connectivity index (χ4v) is 3.77. The summed E-state index contributed by atoms with van der Waals surface area (Å²) in [6.07, 6.45) is 1.99. The van der Waals surface area contributed by atoms with Gasteiger partial charge in [0.15, 0.2) is 0 Å². The number of amides is 2. The summed E-state index contributed by atoms with van der Waals surface area (Å²) in [6, 6.07) is 20.8. The van der Waals surface area contributed by atoms with E-state index in [1.54, 1.807) is 30.0 Å². The van der Waals surface area contributed by atoms with Gasteiger partial charge in [0.1, 0.15) is 11.6 Å². The Balaban J connectivity index is 1.61. The van der Waals surface area contributed by atoms with Crippen molar-refractivity contribution in [3.63, 3.8) is 0 Å². The van der Waals surface area contributed by atoms with E-state index < -0.39 is 0 Å². The molecule has 0 bridgehead atoms. The summed E-state index contributed by atoms with van der Waals surface area (Å²) >= 11 is 1.61. The molecular formula is C25H22FN3O2S. The lowest BCUT2D eigenvalue weighted by atomic mass is 10.1. The van der Waals surface area contributed by atoms with Crippen LogP contribution in [0.25, 0.3) is 22.2 Å². The number of carbonyl (C=O) groups excluding carboxylic acids is 1. The second-order valence-corrected chi connectivity index (χ2v) is 7.87. The smallest absolute Gasteiger partial charge is 0.323 e. The number of anilines is 2. The molecule has 4 aromatic rings. The van der Waals surface area contributed by atoms with Crippen molar-refractivity contribution in [1.82, 2.24) is 4.98 Å². The molecule has 0 saturated carbocycles. The Kier molecular flexibility index (Phi) is 6.56. The molecule has 1 aromatic heterocycles. The number of carbonyl (C=O) groups is 1. The van der Waals surface area contributed by atoms with Crippen molar-refractivity contribution >= 4 is 40.1 Å². The van der Waals surface area contributed by atoms with Gasteiger partial charge in [-0.2, -0.15) is 0 Å². The van der Waals surface area contributed by atoms with Crippen LogP contribution in [0.4, 0.5) is 20.6 Å². The molecular weight excluding hydrogens is 425 g/mol. The Morgan fingerprint density at radius 1 is 1.00 bits per heavy atom. The van der Waals surface area contributed by atoms with Crippen molar-refractivity contribution in [3.05, 3.63) is 78.6 Å². The van der Waals surface area contributed by atoms with Gasteiger partial charge in [0.2, 0.25) is 0 Å². The number of hydrogen-bond acceptors (Lipinski definition) is 4. The fraction of sp³-hybridized carbons (Fsp3) is 0.120. The van der Waals surface area contributed by atoms with Crippen LogP contribution >= 0.6 is 11.8 Å². The Morgan fingerprint density at radius 3 is 2.47 bits per heavy atom. The van der Waals surface area contributed by atoms with E-state index in [9.17, 15) is 9.18 Å². The normalized spacial score (nSPS) is 10.7. The van der Waals surface area contributed by atoms with Crippen LogP contribution in [0, 0.1) is 5.82 Å². The maximum atomic E-state index is 13.3. The first-order valence-corrected chi connectivity index (χ1v) is 11.3. The molecule has 162 valence electrons. The molecule has 0 spiro atoms. The summed E-state index contributed by atoms with van der Waals surface area (Å²) in [5.41, 5.74) is 3.54. The third-order valence-corrected chi connectivity index (χ3v) is 5.52. The highest BCUT2D eigenvalue weighted by Crippen LogP contribution is 2.32. The number of nitrogens with zero attached hydrogens (tertiary/aromatic N) is 1. The van der Waals surface area contributed by atoms with Crippen molar-refractivity contribution in [2.45, 2.75) is 11.8 Å². The third-order valence-electron chi connectivity index (χ3n) is 4.80. The van der Waals surface area contributed by atoms with Crippen molar-refractivity contribution in [2.75, 3.05) is 23.5 Å². The molecule has 0 saturated heterocycles. The molecule has 0 aliphatic heterocycles. The zero-order valence-electron chi connectivity index (χ0n) is 17.7. The van der Waals surface area contributed by atoms with Gasteiger partial charge in [-0.3, -0.25) is 0 Å². The second-order valence-electron chi connectivity index (χ2n) is 6.99. The molecule has 7 heteroatoms. The number of fused-ring (bicyclic) bond motifs is 1. The van der Waals surface area contributed by atoms with E-state index in [-0.39, 0.29) is 11.8 Å². The van der Waals surface area contributed by atoms with Crippen molar-refractivity contribution in [3.8, 4) is 17.0 Å². The monoisotopic (exact) mass is 447 g/mol. The predicted molar refractivity (Wildman–Crippen MR) is 129 cm³/mol. The molecule has 5 nitrogen and oxygen atoms in total. The molecule has 0 fully saturated rings. The summed E-state index contributed by atoms with van der Waals surface area (Å²) < 4.78 is 19.1. The maximum Gasteiger partial charge on any atom is 0.323 e. The first-order chi connectivity index (χ1) is 15.6. The van der Waals surface area contributed by atoms with Gasteiger partial charge in [0.05, 0.1) is 17.8 Å². The number of nitrogens with one attached hydrogen (secondary N) is 2. The predicted octanol–water partition coefficient (Wildman–Crippen LogP) is 6.81. The Labute approximate surface area is 190 Å². The first kappa shape index (κ1) is 21.6. The van der Waals surface area contributed by atoms with Crippen LogP contribution in [-0.2, 0) is 0 Å². The summed E-state index contributed by atoms with van der Waals surface area (Å²) in [4.78, 5) is 18.2. The second kappa shape index (κ2) is 9.70. The van der Waals surface area contributed by atoms with Crippen LogP contribution in [0.3, 0.4) is 0 Å². The van der Waals surface area contributed by atoms with Gasteiger partial charge in [-0.1, -0.05) is 6.07 Å². The molecule has 3 aromatic carbocycles. The number of hydrogen-bond donors (Lipinski definition) is 2. The van der Waals surface area contributed by atoms with Crippen LogP contribution in [-0.4, -0.2) is 23.9 Å². The quantitative estimate of drug-likeness (QED) is 0.319. The van der Waals surface area contributed by atoms with Crippen molar-refractivity contribution < 1.29 is 13.9 Å². The van der Waals surface area contributed by atoms with E-state index in [4.69, 9.17) is 9.72 Å². The third kappa shape index (κ3) is 5.00. The lowest BCUT2D eigenvalue weighted by Gasteiger charge is -2.13. The summed E-state index contributed by atoms with van der Waals surface area (Å²) in [6.45, 7) is 2.38. The topological polar surface area (TPSA) is 63.2 Å². The summed E-state index contributed by atoms with van der Waals surface area (Å²) in [7, 11) is 0. The van der Waals surface area contributed by atoms with Gasteiger partial charge in [0.25, 0.3) is 0 Å². The van der Waals surface area contributed by atoms with Crippen molar-refractivity contribution in [1.29, 1.82) is 0 Å². The van der Waals surface area contributed by atoms with Gasteiger partial charge < -0.3 is 15.4 Å². The Hall–Kier alpha value is -3.58. The van der Waals surface area contributed by atoms with Crippen LogP contribution in [0.15, 0.2) is 77.7 Å². The van der Waals surface area contributed by atoms with Crippen LogP contribution in [0.1, 0.15) is 6.92 Å². The molecule has 2 amide bonds. The molecule has 0 unspecified atom stereocenters. The number of thioether (sulfide) groups is 1. The number of aromatic nitrogens is 1. The summed E-state index contributed by atoms with van der Waals surface area (Å²) in [5, 5.41) is 6.48. The zero-order chi connectivity index (χ0) is 22.5. The minimum atomic E-state index is -0.337. The summed E-state index contributed by atoms with van der Waals surface area (Å²) in [5.74, 6) is 0.349. The lowest BCUT2D eigenvalue weighted by molar-refractivity contribution is 0.262. The van der Waals surface area contributed by atoms with E-state index in [2.05, 4.69) is 10.6 Å². The first-order valence-electron chi connectivity index (χ1n) is 10.1. The largest absolute Gasteiger partial charge is 0.493 e. The minimum Gasteiger partial charge on any atom is -0.493 e. The lowest BCUT2D eigenvalue weighted by Crippen LogP contribution is -2.19. The fourth-order valence-electron chi connectivity index (χ4n) is 3.31. The van der Waals surface area contributed by atoms with Crippen LogP contribution in [0.5, 0.6) is 5.75 Å². The molecule has 0 atom stereocenters. The minimum absolute atomic E-state index is 0.297. The molecule has 32 heavy (non-hydrogen) atoms. The van der Waals surface area contributed by atoms with E-state index in [0.717, 1.165) is 21.5 Å². The van der Waals surface area contributed by atoms with Gasteiger partial charge >= 0.3 is 6.03 Å². The average Bonchev–Trinajstić information content (AvgIpc) is 2.80. The SMILES string of the molecule is CCOc1cc(-c2ccc(F)cc2)nc2ccc(NC(=O)Nc3cccc(SC)c3)cc12. The number of urea groups is 1. The van der Waals surface area contributed by atoms with Gasteiger partial charge in [-0.15, -0.1) is 11.8 Å². The van der Waals surface area contributed by atoms with Crippen molar-refractivity contribution in [2.24, 2.45) is 0 Å². The molecule has 4 rings (SSSR count). The molecule has 1 heterocycles. The number of rotatable bonds is 6. The average molecular weight is 448 g/mol. The molecule has 0 aliphatic rings. The van der Waals surface area contributed by atoms with E-state index in [1.165, 1.54) is 12.1 Å². The van der Waals surface area contributed by atoms with E-state index in [0.29, 0.717) is 29.3 Å². The number of ether oxygens (including phenoxy) is 1. The van der Waals surface area contributed by atoms with E-state index >= 15 is 0 Å². The van der Waals surface area contributed by atoms with Crippen LogP contribution < -0.4 is 15.4 Å². The highest BCUT2D eigenvalue weighted by molar-refractivity contribution is 7.98. The highest BCUT2D eigenvalue weighted by Gasteiger charge is 2.11. The highest BCUT2D eigenvalue weighted by atomic mass is 32.2. The molecule has 0 radical (unpaired) electrons. The van der Waals surface area contributed by atoms with Gasteiger partial charge in [0, 0.05) is 33.3 Å².